The molecule has 5 heteroatoms. The Labute approximate surface area is 149 Å². The molecule has 0 unspecified atom stereocenters. The maximum atomic E-state index is 12.2. The molecule has 0 amide bonds. The molecule has 130 valence electrons. The van der Waals surface area contributed by atoms with Crippen LogP contribution in [0.2, 0.25) is 0 Å². The Morgan fingerprint density at radius 1 is 1.25 bits per heavy atom. The Balaban J connectivity index is 3.57. The van der Waals surface area contributed by atoms with E-state index in [0.29, 0.717) is 34.3 Å². The number of rotatable bonds is 7. The van der Waals surface area contributed by atoms with Crippen molar-refractivity contribution in [2.45, 2.75) is 47.5 Å². The Hall–Kier alpha value is -1.94. The molecule has 24 heavy (non-hydrogen) atoms. The lowest BCUT2D eigenvalue weighted by Gasteiger charge is -2.14. The number of nitrogens with zero attached hydrogens (tertiary/aromatic N) is 2. The van der Waals surface area contributed by atoms with Crippen LogP contribution in [0.15, 0.2) is 29.1 Å². The van der Waals surface area contributed by atoms with E-state index in [1.165, 1.54) is 6.92 Å². The van der Waals surface area contributed by atoms with E-state index in [4.69, 9.17) is 16.3 Å². The van der Waals surface area contributed by atoms with Gasteiger partial charge in [0.2, 0.25) is 0 Å². The molecule has 0 saturated carbocycles. The van der Waals surface area contributed by atoms with Crippen molar-refractivity contribution in [1.29, 1.82) is 0 Å². The van der Waals surface area contributed by atoms with Crippen LogP contribution in [0.1, 0.15) is 57.6 Å². The van der Waals surface area contributed by atoms with Gasteiger partial charge >= 0.3 is 0 Å². The fourth-order valence-corrected chi connectivity index (χ4v) is 2.40. The Bertz CT molecular complexity index is 693. The lowest BCUT2D eigenvalue weighted by molar-refractivity contribution is -0.112. The first-order chi connectivity index (χ1) is 11.3. The summed E-state index contributed by atoms with van der Waals surface area (Å²) >= 11 is 5.90. The molecule has 4 nitrogen and oxygen atoms in total. The molecule has 0 atom stereocenters. The van der Waals surface area contributed by atoms with Gasteiger partial charge in [-0.15, -0.1) is 0 Å². The average molecular weight is 349 g/mol. The minimum atomic E-state index is -0.0695. The molecule has 0 aliphatic carbocycles. The summed E-state index contributed by atoms with van der Waals surface area (Å²) in [6.07, 6.45) is 6.84. The highest BCUT2D eigenvalue weighted by molar-refractivity contribution is 6.29. The molecule has 1 aromatic heterocycles. The standard InChI is InChI=1S/C19H25ClN2O2/c1-7-15(10-9-13(4)20)19-21-11-12(3)18(22-19)17(14(5)23)16(8-2)24-6/h9-11H,7-8H2,1-6H3. The molecule has 0 saturated heterocycles. The van der Waals surface area contributed by atoms with E-state index in [2.05, 4.69) is 9.97 Å². The van der Waals surface area contributed by atoms with Crippen molar-refractivity contribution in [2.24, 2.45) is 0 Å². The Kier molecular flexibility index (Phi) is 7.86. The largest absolute Gasteiger partial charge is 0.500 e. The SMILES string of the molecule is CCC(=CC=C(C)Cl)c1ncc(C)c(C(C(C)=O)=C(CC)OC)n1. The van der Waals surface area contributed by atoms with Gasteiger partial charge in [0.25, 0.3) is 0 Å². The summed E-state index contributed by atoms with van der Waals surface area (Å²) in [5.74, 6) is 1.16. The summed E-state index contributed by atoms with van der Waals surface area (Å²) in [5.41, 5.74) is 2.93. The van der Waals surface area contributed by atoms with Crippen LogP contribution in [0.5, 0.6) is 0 Å². The van der Waals surface area contributed by atoms with Crippen LogP contribution < -0.4 is 0 Å². The number of hydrogen-bond acceptors (Lipinski definition) is 4. The molecule has 1 aromatic rings. The van der Waals surface area contributed by atoms with E-state index in [-0.39, 0.29) is 5.78 Å². The third-order valence-corrected chi connectivity index (χ3v) is 3.72. The normalized spacial score (nSPS) is 13.6. The first-order valence-corrected chi connectivity index (χ1v) is 8.38. The van der Waals surface area contributed by atoms with Gasteiger partial charge < -0.3 is 4.74 Å². The molecule has 0 bridgehead atoms. The zero-order valence-electron chi connectivity index (χ0n) is 15.2. The quantitative estimate of drug-likeness (QED) is 0.392. The molecule has 0 aliphatic heterocycles. The van der Waals surface area contributed by atoms with Gasteiger partial charge in [-0.1, -0.05) is 31.5 Å². The van der Waals surface area contributed by atoms with Crippen LogP contribution in [0.25, 0.3) is 11.1 Å². The fraction of sp³-hybridized carbons (Fsp3) is 0.421. The number of carbonyl (C=O) groups is 1. The zero-order valence-corrected chi connectivity index (χ0v) is 16.0. The first kappa shape index (κ1) is 20.1. The minimum Gasteiger partial charge on any atom is -0.500 e. The minimum absolute atomic E-state index is 0.0695. The second kappa shape index (κ2) is 9.38. The van der Waals surface area contributed by atoms with Gasteiger partial charge in [0.15, 0.2) is 11.6 Å². The molecule has 0 aromatic carbocycles. The number of aryl methyl sites for hydroxylation is 1. The average Bonchev–Trinajstić information content (AvgIpc) is 2.54. The van der Waals surface area contributed by atoms with Crippen molar-refractivity contribution >= 4 is 28.5 Å². The van der Waals surface area contributed by atoms with E-state index < -0.39 is 0 Å². The fourth-order valence-electron chi connectivity index (χ4n) is 2.33. The molecule has 0 fully saturated rings. The number of methoxy groups -OCH3 is 1. The maximum absolute atomic E-state index is 12.2. The number of halogens is 1. The van der Waals surface area contributed by atoms with Crippen molar-refractivity contribution in [1.82, 2.24) is 9.97 Å². The predicted octanol–water partition coefficient (Wildman–Crippen LogP) is 5.08. The summed E-state index contributed by atoms with van der Waals surface area (Å²) in [7, 11) is 1.57. The topological polar surface area (TPSA) is 52.1 Å². The van der Waals surface area contributed by atoms with Gasteiger partial charge in [-0.2, -0.15) is 0 Å². The van der Waals surface area contributed by atoms with Crippen LogP contribution in [0.4, 0.5) is 0 Å². The van der Waals surface area contributed by atoms with Gasteiger partial charge in [-0.05, 0) is 44.4 Å². The van der Waals surface area contributed by atoms with Crippen LogP contribution in [-0.4, -0.2) is 22.9 Å². The lowest BCUT2D eigenvalue weighted by Crippen LogP contribution is -2.09. The second-order valence-electron chi connectivity index (χ2n) is 5.44. The van der Waals surface area contributed by atoms with Crippen molar-refractivity contribution in [2.75, 3.05) is 7.11 Å². The smallest absolute Gasteiger partial charge is 0.165 e. The van der Waals surface area contributed by atoms with Gasteiger partial charge in [0.05, 0.1) is 18.4 Å². The van der Waals surface area contributed by atoms with Crippen LogP contribution in [0, 0.1) is 6.92 Å². The van der Waals surface area contributed by atoms with Gasteiger partial charge in [-0.25, -0.2) is 9.97 Å². The number of aromatic nitrogens is 2. The summed E-state index contributed by atoms with van der Waals surface area (Å²) < 4.78 is 5.39. The monoisotopic (exact) mass is 348 g/mol. The highest BCUT2D eigenvalue weighted by Crippen LogP contribution is 2.25. The zero-order chi connectivity index (χ0) is 18.3. The summed E-state index contributed by atoms with van der Waals surface area (Å²) in [4.78, 5) is 21.2. The Morgan fingerprint density at radius 2 is 1.92 bits per heavy atom. The molecular formula is C19H25ClN2O2. The number of ether oxygens (including phenoxy) is 1. The van der Waals surface area contributed by atoms with Crippen molar-refractivity contribution in [3.8, 4) is 0 Å². The highest BCUT2D eigenvalue weighted by Gasteiger charge is 2.19. The van der Waals surface area contributed by atoms with Crippen molar-refractivity contribution in [3.05, 3.63) is 46.2 Å². The van der Waals surface area contributed by atoms with E-state index in [1.807, 2.05) is 39.8 Å². The summed E-state index contributed by atoms with van der Waals surface area (Å²) in [5, 5.41) is 0.685. The third-order valence-electron chi connectivity index (χ3n) is 3.59. The van der Waals surface area contributed by atoms with Gasteiger partial charge in [0.1, 0.15) is 5.76 Å². The van der Waals surface area contributed by atoms with Gasteiger partial charge in [0, 0.05) is 17.6 Å². The van der Waals surface area contributed by atoms with Gasteiger partial charge in [-0.3, -0.25) is 4.79 Å². The summed E-state index contributed by atoms with van der Waals surface area (Å²) in [6, 6.07) is 0. The number of carbonyl (C=O) groups excluding carboxylic acids is 1. The third kappa shape index (κ3) is 5.03. The molecule has 1 heterocycles. The number of ketones is 1. The van der Waals surface area contributed by atoms with E-state index in [0.717, 1.165) is 17.6 Å². The van der Waals surface area contributed by atoms with E-state index in [1.54, 1.807) is 13.3 Å². The molecule has 0 radical (unpaired) electrons. The van der Waals surface area contributed by atoms with E-state index >= 15 is 0 Å². The predicted molar refractivity (Wildman–Crippen MR) is 99.5 cm³/mol. The molecule has 1 rings (SSSR count). The maximum Gasteiger partial charge on any atom is 0.165 e. The second-order valence-corrected chi connectivity index (χ2v) is 6.03. The van der Waals surface area contributed by atoms with Crippen LogP contribution in [0.3, 0.4) is 0 Å². The van der Waals surface area contributed by atoms with Crippen molar-refractivity contribution in [3.63, 3.8) is 0 Å². The van der Waals surface area contributed by atoms with Crippen molar-refractivity contribution < 1.29 is 9.53 Å². The number of allylic oxidation sites excluding steroid dienone is 6. The number of Topliss-reactive ketones (excluding diaryl/α,β-unsaturated/α-hetero) is 1. The molecule has 0 aliphatic rings. The highest BCUT2D eigenvalue weighted by atomic mass is 35.5. The van der Waals surface area contributed by atoms with Crippen LogP contribution >= 0.6 is 11.6 Å². The number of hydrogen-bond donors (Lipinski definition) is 0. The summed E-state index contributed by atoms with van der Waals surface area (Å²) in [6.45, 7) is 9.21. The lowest BCUT2D eigenvalue weighted by atomic mass is 10.0. The van der Waals surface area contributed by atoms with Crippen LogP contribution in [-0.2, 0) is 9.53 Å². The molecular weight excluding hydrogens is 324 g/mol. The van der Waals surface area contributed by atoms with E-state index in [9.17, 15) is 4.79 Å². The first-order valence-electron chi connectivity index (χ1n) is 8.01. The Morgan fingerprint density at radius 3 is 2.38 bits per heavy atom. The molecule has 0 N–H and O–H groups in total. The molecule has 0 spiro atoms.